The lowest BCUT2D eigenvalue weighted by Crippen LogP contribution is -2.44. The lowest BCUT2D eigenvalue weighted by molar-refractivity contribution is -0.131. The maximum atomic E-state index is 12.7. The van der Waals surface area contributed by atoms with E-state index in [1.165, 1.54) is 0 Å². The number of ketones is 1. The molecule has 0 spiro atoms. The maximum absolute atomic E-state index is 12.7. The van der Waals surface area contributed by atoms with Crippen molar-refractivity contribution in [2.45, 2.75) is 58.5 Å². The number of hydrogen-bond acceptors (Lipinski definition) is 2. The number of aliphatic hydroxyl groups excluding tert-OH is 1. The first kappa shape index (κ1) is 12.3. The molecule has 2 aliphatic rings. The van der Waals surface area contributed by atoms with Gasteiger partial charge in [-0.05, 0) is 5.41 Å². The van der Waals surface area contributed by atoms with E-state index in [0.717, 1.165) is 0 Å². The highest BCUT2D eigenvalue weighted by molar-refractivity contribution is 6.84. The van der Waals surface area contributed by atoms with Crippen LogP contribution in [0.3, 0.4) is 0 Å². The van der Waals surface area contributed by atoms with Crippen LogP contribution in [-0.4, -0.2) is 25.1 Å². The van der Waals surface area contributed by atoms with Gasteiger partial charge in [-0.2, -0.15) is 0 Å². The Kier molecular flexibility index (Phi) is 2.03. The SMILES string of the molecule is CC1(C)C(=O)[C@]2([Si](C)(C)C)[C@H]([C@@H]1O)C2(C)C. The predicted molar refractivity (Wildman–Crippen MR) is 68.1 cm³/mol. The molecule has 3 heteroatoms. The largest absolute Gasteiger partial charge is 0.392 e. The van der Waals surface area contributed by atoms with Gasteiger partial charge in [-0.25, -0.2) is 0 Å². The van der Waals surface area contributed by atoms with E-state index >= 15 is 0 Å². The molecule has 2 fully saturated rings. The van der Waals surface area contributed by atoms with Crippen LogP contribution in [0, 0.1) is 16.7 Å². The lowest BCUT2D eigenvalue weighted by atomic mass is 9.79. The fourth-order valence-corrected chi connectivity index (χ4v) is 9.17. The number of rotatable bonds is 1. The molecule has 0 heterocycles. The maximum Gasteiger partial charge on any atom is 0.145 e. The number of aliphatic hydroxyl groups is 1. The highest BCUT2D eigenvalue weighted by atomic mass is 28.3. The summed E-state index contributed by atoms with van der Waals surface area (Å²) in [6.45, 7) is 14.9. The van der Waals surface area contributed by atoms with Gasteiger partial charge < -0.3 is 5.11 Å². The Labute approximate surface area is 99.4 Å². The van der Waals surface area contributed by atoms with Crippen LogP contribution in [-0.2, 0) is 4.79 Å². The smallest absolute Gasteiger partial charge is 0.145 e. The second kappa shape index (κ2) is 2.64. The summed E-state index contributed by atoms with van der Waals surface area (Å²) in [6, 6.07) is 0. The quantitative estimate of drug-likeness (QED) is 0.716. The Morgan fingerprint density at radius 3 is 1.81 bits per heavy atom. The standard InChI is InChI=1S/C13H24O2Si/c1-11(2)9(14)8-12(3,4)13(8,10(11)15)16(5,6)7/h8-9,14H,1-7H3/t8-,9+,13-/m1/s1. The van der Waals surface area contributed by atoms with Gasteiger partial charge in [0.05, 0.1) is 14.2 Å². The summed E-state index contributed by atoms with van der Waals surface area (Å²) in [6.07, 6.45) is -0.457. The fourth-order valence-electron chi connectivity index (χ4n) is 4.70. The Morgan fingerprint density at radius 1 is 1.12 bits per heavy atom. The summed E-state index contributed by atoms with van der Waals surface area (Å²) in [7, 11) is -1.61. The zero-order valence-corrected chi connectivity index (χ0v) is 12.5. The van der Waals surface area contributed by atoms with E-state index in [1.54, 1.807) is 0 Å². The van der Waals surface area contributed by atoms with E-state index in [0.29, 0.717) is 5.78 Å². The molecule has 0 aromatic carbocycles. The van der Waals surface area contributed by atoms with E-state index in [4.69, 9.17) is 0 Å². The lowest BCUT2D eigenvalue weighted by Gasteiger charge is -2.35. The van der Waals surface area contributed by atoms with Crippen LogP contribution < -0.4 is 0 Å². The van der Waals surface area contributed by atoms with Crippen molar-refractivity contribution in [1.29, 1.82) is 0 Å². The van der Waals surface area contributed by atoms with Crippen LogP contribution in [0.5, 0.6) is 0 Å². The third-order valence-corrected chi connectivity index (χ3v) is 8.91. The van der Waals surface area contributed by atoms with Gasteiger partial charge in [0.2, 0.25) is 0 Å². The van der Waals surface area contributed by atoms with Gasteiger partial charge in [0, 0.05) is 16.4 Å². The van der Waals surface area contributed by atoms with E-state index in [1.807, 2.05) is 13.8 Å². The Hall–Kier alpha value is -0.153. The normalized spacial score (nSPS) is 44.4. The molecule has 0 aromatic heterocycles. The fraction of sp³-hybridized carbons (Fsp3) is 0.923. The van der Waals surface area contributed by atoms with Crippen LogP contribution in [0.15, 0.2) is 0 Å². The molecule has 3 atom stereocenters. The summed E-state index contributed by atoms with van der Waals surface area (Å²) in [5.41, 5.74) is -0.538. The van der Waals surface area contributed by atoms with Crippen LogP contribution in [0.2, 0.25) is 24.7 Å². The second-order valence-electron chi connectivity index (χ2n) is 7.75. The van der Waals surface area contributed by atoms with Crippen molar-refractivity contribution in [1.82, 2.24) is 0 Å². The number of fused-ring (bicyclic) bond motifs is 1. The summed E-state index contributed by atoms with van der Waals surface area (Å²) in [4.78, 5) is 12.7. The van der Waals surface area contributed by atoms with Crippen molar-refractivity contribution in [3.63, 3.8) is 0 Å². The van der Waals surface area contributed by atoms with Crippen LogP contribution in [0.25, 0.3) is 0 Å². The number of hydrogen-bond donors (Lipinski definition) is 1. The second-order valence-corrected chi connectivity index (χ2v) is 13.0. The number of carbonyl (C=O) groups excluding carboxylic acids is 1. The van der Waals surface area contributed by atoms with Crippen molar-refractivity contribution < 1.29 is 9.90 Å². The molecule has 1 N–H and O–H groups in total. The van der Waals surface area contributed by atoms with Gasteiger partial charge in [0.25, 0.3) is 0 Å². The minimum atomic E-state index is -1.61. The monoisotopic (exact) mass is 240 g/mol. The van der Waals surface area contributed by atoms with Gasteiger partial charge in [0.15, 0.2) is 0 Å². The molecular formula is C13H24O2Si. The van der Waals surface area contributed by atoms with Crippen LogP contribution in [0.4, 0.5) is 0 Å². The highest BCUT2D eigenvalue weighted by Crippen LogP contribution is 2.86. The zero-order chi connectivity index (χ0) is 12.7. The van der Waals surface area contributed by atoms with Crippen molar-refractivity contribution in [2.75, 3.05) is 0 Å². The van der Waals surface area contributed by atoms with Gasteiger partial charge >= 0.3 is 0 Å². The molecule has 2 rings (SSSR count). The molecule has 0 saturated heterocycles. The van der Waals surface area contributed by atoms with E-state index in [2.05, 4.69) is 33.5 Å². The molecule has 92 valence electrons. The topological polar surface area (TPSA) is 37.3 Å². The Bertz CT molecular complexity index is 365. The average Bonchev–Trinajstić information content (AvgIpc) is 2.53. The minimum absolute atomic E-state index is 0.00346. The zero-order valence-electron chi connectivity index (χ0n) is 11.5. The van der Waals surface area contributed by atoms with E-state index in [-0.39, 0.29) is 16.4 Å². The first-order chi connectivity index (χ1) is 6.93. The first-order valence-corrected chi connectivity index (χ1v) is 9.66. The molecule has 0 radical (unpaired) electrons. The Balaban J connectivity index is 2.59. The van der Waals surface area contributed by atoms with Gasteiger partial charge in [-0.1, -0.05) is 47.3 Å². The molecular weight excluding hydrogens is 216 g/mol. The van der Waals surface area contributed by atoms with Gasteiger partial charge in [-0.3, -0.25) is 4.79 Å². The molecule has 0 aromatic rings. The summed E-state index contributed by atoms with van der Waals surface area (Å²) in [5, 5.41) is 10.2. The molecule has 2 aliphatic carbocycles. The Morgan fingerprint density at radius 2 is 1.56 bits per heavy atom. The van der Waals surface area contributed by atoms with E-state index in [9.17, 15) is 9.90 Å². The molecule has 0 amide bonds. The van der Waals surface area contributed by atoms with Crippen molar-refractivity contribution in [3.8, 4) is 0 Å². The molecule has 0 unspecified atom stereocenters. The predicted octanol–water partition coefficient (Wildman–Crippen LogP) is 2.69. The highest BCUT2D eigenvalue weighted by Gasteiger charge is 2.87. The first-order valence-electron chi connectivity index (χ1n) is 6.16. The van der Waals surface area contributed by atoms with Crippen LogP contribution >= 0.6 is 0 Å². The van der Waals surface area contributed by atoms with Crippen molar-refractivity contribution >= 4 is 13.9 Å². The third-order valence-electron chi connectivity index (χ3n) is 5.36. The molecule has 0 bridgehead atoms. The van der Waals surface area contributed by atoms with Crippen LogP contribution in [0.1, 0.15) is 27.7 Å². The summed E-state index contributed by atoms with van der Waals surface area (Å²) in [5.74, 6) is 0.510. The number of carbonyl (C=O) groups is 1. The number of Topliss-reactive ketones (excluding diaryl/α,β-unsaturated/α-hetero) is 1. The van der Waals surface area contributed by atoms with Crippen molar-refractivity contribution in [2.24, 2.45) is 16.7 Å². The molecule has 0 aliphatic heterocycles. The summed E-state index contributed by atoms with van der Waals surface area (Å²) >= 11 is 0. The third kappa shape index (κ3) is 0.920. The van der Waals surface area contributed by atoms with Gasteiger partial charge in [0.1, 0.15) is 5.78 Å². The van der Waals surface area contributed by atoms with E-state index < -0.39 is 19.6 Å². The summed E-state index contributed by atoms with van der Waals surface area (Å²) < 4.78 is 0. The average molecular weight is 240 g/mol. The molecule has 16 heavy (non-hydrogen) atoms. The molecule has 2 saturated carbocycles. The van der Waals surface area contributed by atoms with Crippen molar-refractivity contribution in [3.05, 3.63) is 0 Å². The minimum Gasteiger partial charge on any atom is -0.392 e. The molecule has 2 nitrogen and oxygen atoms in total. The van der Waals surface area contributed by atoms with Gasteiger partial charge in [-0.15, -0.1) is 0 Å².